The fraction of sp³-hybridized carbons (Fsp3) is 0.727. The monoisotopic (exact) mass is 244 g/mol. The second-order valence-corrected chi connectivity index (χ2v) is 5.61. The summed E-state index contributed by atoms with van der Waals surface area (Å²) in [7, 11) is -0.836. The molecule has 1 aromatic rings. The number of rotatable bonds is 8. The van der Waals surface area contributed by atoms with Gasteiger partial charge in [0.25, 0.3) is 0 Å². The summed E-state index contributed by atoms with van der Waals surface area (Å²) in [5.41, 5.74) is 1.18. The first-order chi connectivity index (χ1) is 7.72. The molecule has 0 aliphatic heterocycles. The molecule has 0 aromatic carbocycles. The van der Waals surface area contributed by atoms with Crippen LogP contribution in [0.3, 0.4) is 0 Å². The van der Waals surface area contributed by atoms with Gasteiger partial charge in [0.05, 0.1) is 12.8 Å². The summed E-state index contributed by atoms with van der Waals surface area (Å²) in [6.45, 7) is 2.99. The minimum Gasteiger partial charge on any atom is -0.395 e. The van der Waals surface area contributed by atoms with Gasteiger partial charge in [0.15, 0.2) is 0 Å². The molecule has 0 spiro atoms. The highest BCUT2D eigenvalue weighted by Gasteiger charge is 1.99. The molecule has 1 N–H and O–H groups in total. The first kappa shape index (κ1) is 13.4. The molecule has 0 aliphatic rings. The normalized spacial score (nSPS) is 12.9. The van der Waals surface area contributed by atoms with Gasteiger partial charge in [0.2, 0.25) is 0 Å². The molecule has 1 unspecified atom stereocenters. The van der Waals surface area contributed by atoms with Gasteiger partial charge in [-0.15, -0.1) is 0 Å². The molecule has 0 amide bonds. The third-order valence-corrected chi connectivity index (χ3v) is 3.72. The molecule has 0 bridgehead atoms. The molecule has 0 aliphatic carbocycles. The van der Waals surface area contributed by atoms with Gasteiger partial charge in [0.1, 0.15) is 0 Å². The zero-order chi connectivity index (χ0) is 11.8. The fourth-order valence-electron chi connectivity index (χ4n) is 1.51. The van der Waals surface area contributed by atoms with Gasteiger partial charge < -0.3 is 5.11 Å². The Bertz CT molecular complexity index is 326. The SMILES string of the molecule is Cc1cnn(CCCCCS(=O)CCO)c1. The summed E-state index contributed by atoms with van der Waals surface area (Å²) in [5.74, 6) is 1.12. The van der Waals surface area contributed by atoms with Crippen LogP contribution in [-0.4, -0.2) is 37.2 Å². The standard InChI is InChI=1S/C11H20N2O2S/c1-11-9-12-13(10-11)5-3-2-4-7-16(15)8-6-14/h9-10,14H,2-8H2,1H3. The average Bonchev–Trinajstić information content (AvgIpc) is 2.64. The number of nitrogens with zero attached hydrogens (tertiary/aromatic N) is 2. The molecule has 5 heteroatoms. The van der Waals surface area contributed by atoms with E-state index in [9.17, 15) is 4.21 Å². The van der Waals surface area contributed by atoms with Crippen LogP contribution in [0, 0.1) is 6.92 Å². The largest absolute Gasteiger partial charge is 0.395 e. The van der Waals surface area contributed by atoms with Gasteiger partial charge >= 0.3 is 0 Å². The second-order valence-electron chi connectivity index (χ2n) is 3.91. The summed E-state index contributed by atoms with van der Waals surface area (Å²) < 4.78 is 13.2. The highest BCUT2D eigenvalue weighted by molar-refractivity contribution is 7.84. The number of unbranched alkanes of at least 4 members (excludes halogenated alkanes) is 2. The fourth-order valence-corrected chi connectivity index (χ4v) is 2.44. The molecule has 16 heavy (non-hydrogen) atoms. The third kappa shape index (κ3) is 5.42. The number of aliphatic hydroxyl groups is 1. The molecule has 0 fully saturated rings. The molecule has 0 saturated carbocycles. The minimum atomic E-state index is -0.836. The van der Waals surface area contributed by atoms with Crippen molar-refractivity contribution in [2.24, 2.45) is 0 Å². The number of hydrogen-bond acceptors (Lipinski definition) is 3. The summed E-state index contributed by atoms with van der Waals surface area (Å²) in [6, 6.07) is 0. The molecule has 0 saturated heterocycles. The predicted molar refractivity (Wildman–Crippen MR) is 65.8 cm³/mol. The first-order valence-electron chi connectivity index (χ1n) is 5.67. The van der Waals surface area contributed by atoms with E-state index in [0.29, 0.717) is 11.5 Å². The van der Waals surface area contributed by atoms with E-state index in [4.69, 9.17) is 5.11 Å². The maximum Gasteiger partial charge on any atom is 0.0546 e. The quantitative estimate of drug-likeness (QED) is 0.697. The van der Waals surface area contributed by atoms with Crippen molar-refractivity contribution in [2.45, 2.75) is 32.7 Å². The van der Waals surface area contributed by atoms with E-state index >= 15 is 0 Å². The van der Waals surface area contributed by atoms with E-state index in [1.165, 1.54) is 5.56 Å². The molecule has 92 valence electrons. The van der Waals surface area contributed by atoms with Crippen molar-refractivity contribution in [2.75, 3.05) is 18.1 Å². The van der Waals surface area contributed by atoms with E-state index in [2.05, 4.69) is 5.10 Å². The van der Waals surface area contributed by atoms with E-state index in [1.807, 2.05) is 24.0 Å². The van der Waals surface area contributed by atoms with Crippen molar-refractivity contribution < 1.29 is 9.32 Å². The summed E-state index contributed by atoms with van der Waals surface area (Å²) in [4.78, 5) is 0. The minimum absolute atomic E-state index is 0.0270. The van der Waals surface area contributed by atoms with Crippen LogP contribution in [-0.2, 0) is 17.3 Å². The Balaban J connectivity index is 2.02. The number of aliphatic hydroxyl groups excluding tert-OH is 1. The Morgan fingerprint density at radius 1 is 1.38 bits per heavy atom. The second kappa shape index (κ2) is 7.57. The van der Waals surface area contributed by atoms with Gasteiger partial charge in [-0.2, -0.15) is 5.10 Å². The average molecular weight is 244 g/mol. The maximum absolute atomic E-state index is 11.2. The summed E-state index contributed by atoms with van der Waals surface area (Å²) in [6.07, 6.45) is 6.99. The lowest BCUT2D eigenvalue weighted by atomic mass is 10.2. The van der Waals surface area contributed by atoms with E-state index < -0.39 is 10.8 Å². The van der Waals surface area contributed by atoms with Crippen molar-refractivity contribution in [1.29, 1.82) is 0 Å². The van der Waals surface area contributed by atoms with Crippen molar-refractivity contribution in [3.63, 3.8) is 0 Å². The molecule has 1 aromatic heterocycles. The molecule has 4 nitrogen and oxygen atoms in total. The summed E-state index contributed by atoms with van der Waals surface area (Å²) in [5, 5.41) is 12.8. The van der Waals surface area contributed by atoms with Crippen LogP contribution in [0.1, 0.15) is 24.8 Å². The van der Waals surface area contributed by atoms with Gasteiger partial charge in [-0.25, -0.2) is 0 Å². The lowest BCUT2D eigenvalue weighted by molar-refractivity contribution is 0.321. The van der Waals surface area contributed by atoms with Crippen LogP contribution < -0.4 is 0 Å². The van der Waals surface area contributed by atoms with Gasteiger partial charge in [-0.3, -0.25) is 8.89 Å². The van der Waals surface area contributed by atoms with E-state index in [0.717, 1.165) is 25.8 Å². The van der Waals surface area contributed by atoms with E-state index in [-0.39, 0.29) is 6.61 Å². The molecule has 0 radical (unpaired) electrons. The Morgan fingerprint density at radius 3 is 2.81 bits per heavy atom. The zero-order valence-corrected chi connectivity index (χ0v) is 10.6. The number of hydrogen-bond donors (Lipinski definition) is 1. The van der Waals surface area contributed by atoms with Gasteiger partial charge in [0, 0.05) is 35.0 Å². The topological polar surface area (TPSA) is 55.1 Å². The van der Waals surface area contributed by atoms with Crippen molar-refractivity contribution in [3.8, 4) is 0 Å². The highest BCUT2D eigenvalue weighted by Crippen LogP contribution is 2.01. The number of aryl methyl sites for hydroxylation is 2. The molecule has 1 heterocycles. The lowest BCUT2D eigenvalue weighted by Crippen LogP contribution is -2.06. The predicted octanol–water partition coefficient (Wildman–Crippen LogP) is 1.10. The van der Waals surface area contributed by atoms with Crippen molar-refractivity contribution in [1.82, 2.24) is 9.78 Å². The third-order valence-electron chi connectivity index (χ3n) is 2.34. The Kier molecular flexibility index (Phi) is 6.33. The smallest absolute Gasteiger partial charge is 0.0546 e. The van der Waals surface area contributed by atoms with Crippen LogP contribution in [0.25, 0.3) is 0 Å². The van der Waals surface area contributed by atoms with Crippen molar-refractivity contribution >= 4 is 10.8 Å². The lowest BCUT2D eigenvalue weighted by Gasteiger charge is -2.02. The Morgan fingerprint density at radius 2 is 2.19 bits per heavy atom. The number of aromatic nitrogens is 2. The van der Waals surface area contributed by atoms with Crippen LogP contribution in [0.15, 0.2) is 12.4 Å². The zero-order valence-electron chi connectivity index (χ0n) is 9.76. The Hall–Kier alpha value is -0.680. The van der Waals surface area contributed by atoms with Crippen LogP contribution >= 0.6 is 0 Å². The van der Waals surface area contributed by atoms with E-state index in [1.54, 1.807) is 0 Å². The first-order valence-corrected chi connectivity index (χ1v) is 7.16. The van der Waals surface area contributed by atoms with Crippen LogP contribution in [0.5, 0.6) is 0 Å². The van der Waals surface area contributed by atoms with Crippen LogP contribution in [0.2, 0.25) is 0 Å². The summed E-state index contributed by atoms with van der Waals surface area (Å²) >= 11 is 0. The molecule has 1 atom stereocenters. The maximum atomic E-state index is 11.2. The van der Waals surface area contributed by atoms with Crippen LogP contribution in [0.4, 0.5) is 0 Å². The van der Waals surface area contributed by atoms with Crippen molar-refractivity contribution in [3.05, 3.63) is 18.0 Å². The molecular formula is C11H20N2O2S. The van der Waals surface area contributed by atoms with Gasteiger partial charge in [-0.1, -0.05) is 6.42 Å². The molecular weight excluding hydrogens is 224 g/mol. The molecule has 1 rings (SSSR count). The Labute approximate surface area is 99.1 Å². The van der Waals surface area contributed by atoms with Gasteiger partial charge in [-0.05, 0) is 25.3 Å². The highest BCUT2D eigenvalue weighted by atomic mass is 32.2.